The molecule has 0 aliphatic carbocycles. The van der Waals surface area contributed by atoms with Gasteiger partial charge in [0.1, 0.15) is 6.04 Å². The topological polar surface area (TPSA) is 50.1 Å². The Hall–Kier alpha value is -2.46. The number of benzene rings is 1. The van der Waals surface area contributed by atoms with Crippen molar-refractivity contribution in [2.24, 2.45) is 0 Å². The molecule has 6 nitrogen and oxygen atoms in total. The molecule has 32 heavy (non-hydrogen) atoms. The quantitative estimate of drug-likeness (QED) is 0.524. The van der Waals surface area contributed by atoms with E-state index in [0.29, 0.717) is 31.9 Å². The summed E-state index contributed by atoms with van der Waals surface area (Å²) in [5.74, 6) is 0.798. The fourth-order valence-electron chi connectivity index (χ4n) is 3.98. The third-order valence-electron chi connectivity index (χ3n) is 6.21. The lowest BCUT2D eigenvalue weighted by molar-refractivity contribution is -0.137. The van der Waals surface area contributed by atoms with Crippen LogP contribution in [0.1, 0.15) is 49.5 Å². The minimum Gasteiger partial charge on any atom is -0.369 e. The number of tetrazole rings is 1. The molecule has 0 N–H and O–H groups in total. The number of alkyl halides is 3. The average Bonchev–Trinajstić information content (AvgIpc) is 3.47. The summed E-state index contributed by atoms with van der Waals surface area (Å²) in [4.78, 5) is 5.49. The van der Waals surface area contributed by atoms with Crippen molar-refractivity contribution >= 4 is 17.0 Å². The zero-order valence-electron chi connectivity index (χ0n) is 18.4. The van der Waals surface area contributed by atoms with E-state index in [1.165, 1.54) is 12.1 Å². The van der Waals surface area contributed by atoms with Gasteiger partial charge < -0.3 is 4.90 Å². The Morgan fingerprint density at radius 1 is 1.06 bits per heavy atom. The lowest BCUT2D eigenvalue weighted by Crippen LogP contribution is -2.48. The monoisotopic (exact) mass is 464 g/mol. The molecule has 1 aliphatic heterocycles. The minimum atomic E-state index is -4.34. The van der Waals surface area contributed by atoms with Crippen molar-refractivity contribution in [1.82, 2.24) is 25.1 Å². The van der Waals surface area contributed by atoms with Crippen LogP contribution in [0, 0.1) is 0 Å². The maximum absolute atomic E-state index is 13.1. The number of piperazine rings is 1. The molecule has 1 saturated heterocycles. The molecule has 1 aliphatic rings. The summed E-state index contributed by atoms with van der Waals surface area (Å²) in [5.41, 5.74) is -0.243. The average molecular weight is 465 g/mol. The van der Waals surface area contributed by atoms with Crippen molar-refractivity contribution in [2.75, 3.05) is 31.1 Å². The highest BCUT2D eigenvalue weighted by Gasteiger charge is 2.35. The highest BCUT2D eigenvalue weighted by Crippen LogP contribution is 2.35. The van der Waals surface area contributed by atoms with Gasteiger partial charge in [-0.05, 0) is 60.3 Å². The molecule has 1 aromatic carbocycles. The number of aromatic nitrogens is 4. The Morgan fingerprint density at radius 2 is 1.81 bits per heavy atom. The van der Waals surface area contributed by atoms with Gasteiger partial charge in [-0.2, -0.15) is 13.2 Å². The van der Waals surface area contributed by atoms with Gasteiger partial charge >= 0.3 is 6.18 Å². The summed E-state index contributed by atoms with van der Waals surface area (Å²) in [6.07, 6.45) is -3.46. The molecule has 2 aromatic heterocycles. The molecular formula is C22H27F3N6S. The smallest absolute Gasteiger partial charge is 0.369 e. The van der Waals surface area contributed by atoms with Crippen LogP contribution < -0.4 is 4.90 Å². The van der Waals surface area contributed by atoms with Gasteiger partial charge in [0.15, 0.2) is 5.82 Å². The first-order chi connectivity index (χ1) is 15.2. The van der Waals surface area contributed by atoms with Gasteiger partial charge in [0.25, 0.3) is 0 Å². The lowest BCUT2D eigenvalue weighted by atomic mass is 10.0. The molecule has 172 valence electrons. The highest BCUT2D eigenvalue weighted by atomic mass is 32.1. The Bertz CT molecular complexity index is 1020. The van der Waals surface area contributed by atoms with Gasteiger partial charge in [-0.3, -0.25) is 4.90 Å². The SMILES string of the molecule is CCC(C)(C)n1nnnc1[C@H](c1cccs1)N1CCN(c2cccc(C(F)(F)F)c2)CC1. The molecule has 0 amide bonds. The Labute approximate surface area is 189 Å². The standard InChI is InChI=1S/C22H27F3N6S/c1-4-21(2,3)31-20(26-27-28-31)19(18-9-6-14-32-18)30-12-10-29(11-13-30)17-8-5-7-16(15-17)22(23,24)25/h5-9,14-15,19H,4,10-13H2,1-3H3/t19-/m0/s1. The molecule has 1 atom stereocenters. The van der Waals surface area contributed by atoms with Gasteiger partial charge in [0.05, 0.1) is 11.1 Å². The van der Waals surface area contributed by atoms with Crippen LogP contribution in [0.15, 0.2) is 41.8 Å². The fraction of sp³-hybridized carbons (Fsp3) is 0.500. The predicted octanol–water partition coefficient (Wildman–Crippen LogP) is 4.81. The molecule has 10 heteroatoms. The summed E-state index contributed by atoms with van der Waals surface area (Å²) in [6, 6.07) is 9.57. The third kappa shape index (κ3) is 4.52. The van der Waals surface area contributed by atoms with E-state index in [2.05, 4.69) is 47.3 Å². The summed E-state index contributed by atoms with van der Waals surface area (Å²) < 4.78 is 41.3. The van der Waals surface area contributed by atoms with Crippen LogP contribution in [0.25, 0.3) is 0 Å². The van der Waals surface area contributed by atoms with Crippen molar-refractivity contribution < 1.29 is 13.2 Å². The normalized spacial score (nSPS) is 17.0. The van der Waals surface area contributed by atoms with E-state index in [-0.39, 0.29) is 11.6 Å². The molecule has 3 aromatic rings. The van der Waals surface area contributed by atoms with Crippen LogP contribution in [0.4, 0.5) is 18.9 Å². The van der Waals surface area contributed by atoms with E-state index in [9.17, 15) is 13.2 Å². The van der Waals surface area contributed by atoms with Crippen LogP contribution in [0.2, 0.25) is 0 Å². The van der Waals surface area contributed by atoms with Gasteiger partial charge in [0, 0.05) is 36.7 Å². The molecule has 0 spiro atoms. The maximum Gasteiger partial charge on any atom is 0.416 e. The zero-order valence-corrected chi connectivity index (χ0v) is 19.2. The van der Waals surface area contributed by atoms with E-state index in [4.69, 9.17) is 0 Å². The number of rotatable bonds is 6. The van der Waals surface area contributed by atoms with Gasteiger partial charge in [0.2, 0.25) is 0 Å². The van der Waals surface area contributed by atoms with Crippen molar-refractivity contribution in [3.63, 3.8) is 0 Å². The predicted molar refractivity (Wildman–Crippen MR) is 119 cm³/mol. The zero-order chi connectivity index (χ0) is 22.9. The Kier molecular flexibility index (Phi) is 6.26. The molecule has 0 radical (unpaired) electrons. The van der Waals surface area contributed by atoms with Gasteiger partial charge in [-0.15, -0.1) is 16.4 Å². The van der Waals surface area contributed by atoms with E-state index in [0.717, 1.165) is 23.2 Å². The minimum absolute atomic E-state index is 0.0977. The van der Waals surface area contributed by atoms with Gasteiger partial charge in [-0.1, -0.05) is 19.1 Å². The molecular weight excluding hydrogens is 437 g/mol. The van der Waals surface area contributed by atoms with Crippen molar-refractivity contribution in [3.8, 4) is 0 Å². The first-order valence-corrected chi connectivity index (χ1v) is 11.6. The van der Waals surface area contributed by atoms with E-state index in [1.807, 2.05) is 21.0 Å². The van der Waals surface area contributed by atoms with Crippen LogP contribution in [0.3, 0.4) is 0 Å². The van der Waals surface area contributed by atoms with Crippen LogP contribution in [-0.2, 0) is 11.7 Å². The first-order valence-electron chi connectivity index (χ1n) is 10.7. The lowest BCUT2D eigenvalue weighted by Gasteiger charge is -2.40. The molecule has 0 saturated carbocycles. The van der Waals surface area contributed by atoms with Gasteiger partial charge in [-0.25, -0.2) is 4.68 Å². The number of halogens is 3. The molecule has 0 unspecified atom stereocenters. The Balaban J connectivity index is 1.58. The second-order valence-electron chi connectivity index (χ2n) is 8.60. The van der Waals surface area contributed by atoms with Crippen molar-refractivity contribution in [3.05, 3.63) is 58.0 Å². The highest BCUT2D eigenvalue weighted by molar-refractivity contribution is 7.10. The summed E-state index contributed by atoms with van der Waals surface area (Å²) in [7, 11) is 0. The molecule has 4 rings (SSSR count). The molecule has 3 heterocycles. The van der Waals surface area contributed by atoms with Crippen molar-refractivity contribution in [1.29, 1.82) is 0 Å². The van der Waals surface area contributed by atoms with Crippen LogP contribution in [-0.4, -0.2) is 51.3 Å². The number of anilines is 1. The summed E-state index contributed by atoms with van der Waals surface area (Å²) in [5, 5.41) is 14.7. The number of hydrogen-bond acceptors (Lipinski definition) is 6. The third-order valence-corrected chi connectivity index (χ3v) is 7.13. The second kappa shape index (κ2) is 8.82. The Morgan fingerprint density at radius 3 is 2.44 bits per heavy atom. The van der Waals surface area contributed by atoms with Crippen LogP contribution in [0.5, 0.6) is 0 Å². The fourth-order valence-corrected chi connectivity index (χ4v) is 4.83. The summed E-state index contributed by atoms with van der Waals surface area (Å²) in [6.45, 7) is 8.98. The largest absolute Gasteiger partial charge is 0.416 e. The second-order valence-corrected chi connectivity index (χ2v) is 9.58. The van der Waals surface area contributed by atoms with Crippen LogP contribution >= 0.6 is 11.3 Å². The number of thiophene rings is 1. The maximum atomic E-state index is 13.1. The van der Waals surface area contributed by atoms with E-state index < -0.39 is 11.7 Å². The van der Waals surface area contributed by atoms with Crippen molar-refractivity contribution in [2.45, 2.75) is 44.9 Å². The summed E-state index contributed by atoms with van der Waals surface area (Å²) >= 11 is 1.66. The van der Waals surface area contributed by atoms with E-state index in [1.54, 1.807) is 17.4 Å². The van der Waals surface area contributed by atoms with E-state index >= 15 is 0 Å². The molecule has 1 fully saturated rings. The number of nitrogens with zero attached hydrogens (tertiary/aromatic N) is 6. The molecule has 0 bridgehead atoms. The first kappa shape index (κ1) is 22.7. The number of hydrogen-bond donors (Lipinski definition) is 0.